The Morgan fingerprint density at radius 1 is 1.17 bits per heavy atom. The number of benzene rings is 2. The second kappa shape index (κ2) is 9.44. The topological polar surface area (TPSA) is 38.3 Å². The summed E-state index contributed by atoms with van der Waals surface area (Å²) in [5, 5.41) is 3.32. The summed E-state index contributed by atoms with van der Waals surface area (Å²) in [4.78, 5) is 11.9. The highest BCUT2D eigenvalue weighted by atomic mass is 35.5. The maximum Gasteiger partial charge on any atom is 0.252 e. The molecule has 0 aliphatic carbocycles. The number of hydrogen-bond donors (Lipinski definition) is 1. The van der Waals surface area contributed by atoms with E-state index in [1.165, 1.54) is 0 Å². The molecule has 3 nitrogen and oxygen atoms in total. The predicted octanol–water partition coefficient (Wildman–Crippen LogP) is 3.88. The highest BCUT2D eigenvalue weighted by Gasteiger charge is 2.03. The van der Waals surface area contributed by atoms with Crippen LogP contribution in [0.1, 0.15) is 15.9 Å². The maximum atomic E-state index is 11.9. The van der Waals surface area contributed by atoms with E-state index in [0.717, 1.165) is 17.7 Å². The van der Waals surface area contributed by atoms with Crippen LogP contribution in [0.3, 0.4) is 0 Å². The average Bonchev–Trinajstić information content (AvgIpc) is 2.60. The quantitative estimate of drug-likeness (QED) is 0.640. The number of rotatable bonds is 6. The summed E-state index contributed by atoms with van der Waals surface area (Å²) in [6.45, 7) is 4.26. The maximum absolute atomic E-state index is 11.9. The summed E-state index contributed by atoms with van der Waals surface area (Å²) in [6.07, 6.45) is 2.58. The van der Waals surface area contributed by atoms with E-state index in [0.29, 0.717) is 10.6 Å². The monoisotopic (exact) mass is 339 g/mol. The van der Waals surface area contributed by atoms with Crippen molar-refractivity contribution in [2.75, 3.05) is 13.2 Å². The molecule has 0 atom stereocenters. The van der Waals surface area contributed by atoms with Gasteiger partial charge in [-0.2, -0.15) is 0 Å². The molecule has 0 heterocycles. The Morgan fingerprint density at radius 3 is 2.67 bits per heavy atom. The van der Waals surface area contributed by atoms with Gasteiger partial charge in [0.15, 0.2) is 0 Å². The molecule has 2 aromatic carbocycles. The van der Waals surface area contributed by atoms with Gasteiger partial charge >= 0.3 is 0 Å². The molecule has 2 rings (SSSR count). The van der Waals surface area contributed by atoms with Crippen LogP contribution >= 0.6 is 11.6 Å². The van der Waals surface area contributed by atoms with Gasteiger partial charge in [0.1, 0.15) is 12.4 Å². The first kappa shape index (κ1) is 17.7. The molecule has 0 spiro atoms. The lowest BCUT2D eigenvalue weighted by Gasteiger charge is -2.07. The Kier molecular flexibility index (Phi) is 6.94. The molecule has 0 saturated heterocycles. The highest BCUT2D eigenvalue weighted by Crippen LogP contribution is 2.18. The standard InChI is InChI=1S/C20H18ClNO2/c1-2-7-16-8-3-4-9-19(16)24-15-6-5-14-22-20(23)17-10-12-18(21)13-11-17/h2-4,8-13H,1,7,14-15H2,(H,22,23). The fraction of sp³-hybridized carbons (Fsp3) is 0.150. The molecule has 0 aromatic heterocycles. The van der Waals surface area contributed by atoms with Crippen LogP contribution in [0.4, 0.5) is 0 Å². The second-order valence-electron chi connectivity index (χ2n) is 4.93. The third-order valence-corrected chi connectivity index (χ3v) is 3.46. The largest absolute Gasteiger partial charge is 0.481 e. The van der Waals surface area contributed by atoms with Gasteiger partial charge in [-0.3, -0.25) is 4.79 Å². The minimum atomic E-state index is -0.182. The lowest BCUT2D eigenvalue weighted by molar-refractivity contribution is 0.0958. The minimum Gasteiger partial charge on any atom is -0.481 e. The SMILES string of the molecule is C=CCc1ccccc1OCC#CCNC(=O)c1ccc(Cl)cc1. The van der Waals surface area contributed by atoms with E-state index in [4.69, 9.17) is 16.3 Å². The fourth-order valence-corrected chi connectivity index (χ4v) is 2.15. The van der Waals surface area contributed by atoms with Gasteiger partial charge in [0.05, 0.1) is 6.54 Å². The van der Waals surface area contributed by atoms with Gasteiger partial charge in [-0.05, 0) is 42.3 Å². The molecular formula is C20H18ClNO2. The molecule has 0 aliphatic heterocycles. The van der Waals surface area contributed by atoms with Crippen molar-refractivity contribution in [2.24, 2.45) is 0 Å². The first-order valence-corrected chi connectivity index (χ1v) is 7.89. The van der Waals surface area contributed by atoms with Crippen molar-refractivity contribution >= 4 is 17.5 Å². The summed E-state index contributed by atoms with van der Waals surface area (Å²) >= 11 is 5.79. The number of carbonyl (C=O) groups excluding carboxylic acids is 1. The van der Waals surface area contributed by atoms with Crippen LogP contribution in [0, 0.1) is 11.8 Å². The van der Waals surface area contributed by atoms with Crippen molar-refractivity contribution in [1.82, 2.24) is 5.32 Å². The van der Waals surface area contributed by atoms with Gasteiger partial charge in [-0.1, -0.05) is 47.7 Å². The number of carbonyl (C=O) groups is 1. The fourth-order valence-electron chi connectivity index (χ4n) is 2.02. The zero-order chi connectivity index (χ0) is 17.2. The van der Waals surface area contributed by atoms with Crippen molar-refractivity contribution in [3.05, 3.63) is 77.3 Å². The Morgan fingerprint density at radius 2 is 1.92 bits per heavy atom. The van der Waals surface area contributed by atoms with Gasteiger partial charge in [-0.25, -0.2) is 0 Å². The van der Waals surface area contributed by atoms with Crippen LogP contribution in [0.2, 0.25) is 5.02 Å². The van der Waals surface area contributed by atoms with E-state index >= 15 is 0 Å². The molecule has 2 aromatic rings. The number of allylic oxidation sites excluding steroid dienone is 1. The number of ether oxygens (including phenoxy) is 1. The molecular weight excluding hydrogens is 322 g/mol. The molecule has 122 valence electrons. The van der Waals surface area contributed by atoms with Crippen LogP contribution in [-0.4, -0.2) is 19.1 Å². The number of nitrogens with one attached hydrogen (secondary N) is 1. The third-order valence-electron chi connectivity index (χ3n) is 3.21. The van der Waals surface area contributed by atoms with E-state index in [1.807, 2.05) is 30.3 Å². The lowest BCUT2D eigenvalue weighted by Crippen LogP contribution is -2.23. The lowest BCUT2D eigenvalue weighted by atomic mass is 10.1. The van der Waals surface area contributed by atoms with E-state index in [9.17, 15) is 4.79 Å². The molecule has 24 heavy (non-hydrogen) atoms. The normalized spacial score (nSPS) is 9.54. The van der Waals surface area contributed by atoms with Crippen LogP contribution in [0.25, 0.3) is 0 Å². The highest BCUT2D eigenvalue weighted by molar-refractivity contribution is 6.30. The van der Waals surface area contributed by atoms with Gasteiger partial charge in [0.2, 0.25) is 0 Å². The van der Waals surface area contributed by atoms with E-state index < -0.39 is 0 Å². The summed E-state index contributed by atoms with van der Waals surface area (Å²) < 4.78 is 5.65. The van der Waals surface area contributed by atoms with E-state index in [1.54, 1.807) is 24.3 Å². The smallest absolute Gasteiger partial charge is 0.252 e. The van der Waals surface area contributed by atoms with Gasteiger partial charge in [0.25, 0.3) is 5.91 Å². The molecule has 1 amide bonds. The van der Waals surface area contributed by atoms with E-state index in [-0.39, 0.29) is 19.1 Å². The Balaban J connectivity index is 1.77. The van der Waals surface area contributed by atoms with Crippen LogP contribution in [-0.2, 0) is 6.42 Å². The number of halogens is 1. The first-order valence-electron chi connectivity index (χ1n) is 7.52. The van der Waals surface area contributed by atoms with Crippen molar-refractivity contribution in [3.8, 4) is 17.6 Å². The molecule has 0 unspecified atom stereocenters. The molecule has 0 radical (unpaired) electrons. The van der Waals surface area contributed by atoms with Crippen molar-refractivity contribution in [1.29, 1.82) is 0 Å². The molecule has 0 fully saturated rings. The van der Waals surface area contributed by atoms with Gasteiger partial charge in [0, 0.05) is 10.6 Å². The number of hydrogen-bond acceptors (Lipinski definition) is 2. The molecule has 0 bridgehead atoms. The molecule has 4 heteroatoms. The molecule has 0 saturated carbocycles. The van der Waals surface area contributed by atoms with E-state index in [2.05, 4.69) is 23.7 Å². The van der Waals surface area contributed by atoms with Gasteiger partial charge < -0.3 is 10.1 Å². The minimum absolute atomic E-state index is 0.182. The number of para-hydroxylation sites is 1. The average molecular weight is 340 g/mol. The second-order valence-corrected chi connectivity index (χ2v) is 5.37. The summed E-state index contributed by atoms with van der Waals surface area (Å²) in [5.41, 5.74) is 1.63. The Bertz CT molecular complexity index is 757. The Hall–Kier alpha value is -2.70. The summed E-state index contributed by atoms with van der Waals surface area (Å²) in [7, 11) is 0. The van der Waals surface area contributed by atoms with Crippen LogP contribution in [0.15, 0.2) is 61.2 Å². The zero-order valence-electron chi connectivity index (χ0n) is 13.2. The molecule has 1 N–H and O–H groups in total. The number of amides is 1. The van der Waals surface area contributed by atoms with Crippen LogP contribution in [0.5, 0.6) is 5.75 Å². The summed E-state index contributed by atoms with van der Waals surface area (Å²) in [6, 6.07) is 14.5. The molecule has 0 aliphatic rings. The van der Waals surface area contributed by atoms with Crippen molar-refractivity contribution in [2.45, 2.75) is 6.42 Å². The zero-order valence-corrected chi connectivity index (χ0v) is 14.0. The summed E-state index contributed by atoms with van der Waals surface area (Å²) in [5.74, 6) is 6.37. The first-order chi connectivity index (χ1) is 11.7. The van der Waals surface area contributed by atoms with Crippen molar-refractivity contribution < 1.29 is 9.53 Å². The third kappa shape index (κ3) is 5.49. The van der Waals surface area contributed by atoms with Gasteiger partial charge in [-0.15, -0.1) is 6.58 Å². The van der Waals surface area contributed by atoms with Crippen LogP contribution < -0.4 is 10.1 Å². The predicted molar refractivity (Wildman–Crippen MR) is 97.4 cm³/mol. The Labute approximate surface area is 147 Å². The van der Waals surface area contributed by atoms with Crippen molar-refractivity contribution in [3.63, 3.8) is 0 Å².